The summed E-state index contributed by atoms with van der Waals surface area (Å²) in [6.07, 6.45) is 4.17. The Morgan fingerprint density at radius 1 is 0.676 bits per heavy atom. The number of nitrogens with one attached hydrogen (secondary N) is 2. The van der Waals surface area contributed by atoms with Crippen LogP contribution in [0.25, 0.3) is 22.3 Å². The lowest BCUT2D eigenvalue weighted by Gasteiger charge is -2.35. The third-order valence-corrected chi connectivity index (χ3v) is 23.1. The Hall–Kier alpha value is -6.13. The first kappa shape index (κ1) is 79.9. The molecule has 0 bridgehead atoms. The van der Waals surface area contributed by atoms with E-state index in [1.165, 1.54) is 28.1 Å². The van der Waals surface area contributed by atoms with Crippen molar-refractivity contribution in [1.82, 2.24) is 49.4 Å². The molecule has 0 spiro atoms. The molecule has 576 valence electrons. The quantitative estimate of drug-likeness (QED) is 0.0159. The zero-order valence-electron chi connectivity index (χ0n) is 56.5. The number of nitrogen functional groups attached to an aromatic ring is 1. The molecule has 2 amide bonds. The highest BCUT2D eigenvalue weighted by atomic mass is 31.3. The summed E-state index contributed by atoms with van der Waals surface area (Å²) in [6.45, 7) is 0.417. The van der Waals surface area contributed by atoms with Gasteiger partial charge in [0, 0.05) is 50.0 Å². The molecule has 1 saturated carbocycles. The van der Waals surface area contributed by atoms with Crippen LogP contribution >= 0.6 is 39.1 Å². The SMILES string of the molecule is Nc1nc2c(ncn2C2CC(OP(=O)(O)OC3CC3)C(COP(=O)(O)OCCOCCOCCOCCNC(=O)CCCCC(=O)N3Cc4ccccc4C4N=NN(CCCCCCCc5ncnc6c5ncn6C5OC(COP(=O)(O)OP(=O)(O)OP(=O)(O)O)CC5O)C4c4ccccc43)O2)c(=O)[nH]1. The first-order chi connectivity index (χ1) is 50.2. The van der Waals surface area contributed by atoms with E-state index in [0.29, 0.717) is 62.1 Å². The minimum atomic E-state index is -5.72. The molecule has 2 saturated heterocycles. The van der Waals surface area contributed by atoms with Gasteiger partial charge in [-0.3, -0.25) is 56.1 Å². The number of aliphatic hydroxyl groups is 1. The summed E-state index contributed by atoms with van der Waals surface area (Å²) in [5, 5.41) is 25.3. The molecule has 2 aromatic carbocycles. The van der Waals surface area contributed by atoms with Crippen molar-refractivity contribution in [1.29, 1.82) is 0 Å². The van der Waals surface area contributed by atoms with E-state index in [0.717, 1.165) is 54.5 Å². The number of aromatic amines is 1. The highest BCUT2D eigenvalue weighted by Crippen LogP contribution is 2.66. The van der Waals surface area contributed by atoms with Gasteiger partial charge in [-0.05, 0) is 62.1 Å². The van der Waals surface area contributed by atoms with Crippen molar-refractivity contribution in [2.75, 3.05) is 83.2 Å². The van der Waals surface area contributed by atoms with Gasteiger partial charge in [0.25, 0.3) is 5.56 Å². The van der Waals surface area contributed by atoms with E-state index in [1.807, 2.05) is 58.4 Å². The molecule has 0 radical (unpaired) electrons. The van der Waals surface area contributed by atoms with E-state index in [9.17, 15) is 61.9 Å². The Balaban J connectivity index is 0.543. The van der Waals surface area contributed by atoms with Crippen LogP contribution in [0.5, 0.6) is 0 Å². The van der Waals surface area contributed by atoms with Crippen LogP contribution in [0, 0.1) is 0 Å². The summed E-state index contributed by atoms with van der Waals surface area (Å²) in [5.74, 6) is -0.434. The molecule has 11 rings (SSSR count). The predicted octanol–water partition coefficient (Wildman–Crippen LogP) is 5.85. The number of hydrogen-bond donors (Lipinski definition) is 10. The number of nitrogens with two attached hydrogens (primary N) is 1. The molecule has 4 aliphatic heterocycles. The van der Waals surface area contributed by atoms with Gasteiger partial charge in [-0.2, -0.15) is 18.7 Å². The molecule has 8 heterocycles. The summed E-state index contributed by atoms with van der Waals surface area (Å²) < 4.78 is 125. The van der Waals surface area contributed by atoms with Crippen molar-refractivity contribution in [3.05, 3.63) is 100 Å². The smallest absolute Gasteiger partial charge is 0.388 e. The topological polar surface area (TPSA) is 548 Å². The van der Waals surface area contributed by atoms with Crippen LogP contribution in [-0.2, 0) is 100 Å². The molecule has 105 heavy (non-hydrogen) atoms. The van der Waals surface area contributed by atoms with Crippen LogP contribution in [0.3, 0.4) is 0 Å². The first-order valence-electron chi connectivity index (χ1n) is 33.8. The fraction of sp³-hybridized carbons (Fsp3) is 0.593. The number of hydrogen-bond acceptors (Lipinski definition) is 30. The van der Waals surface area contributed by atoms with Crippen molar-refractivity contribution < 1.29 is 122 Å². The molecule has 5 aliphatic rings. The number of anilines is 2. The number of imidazole rings is 2. The number of nitrogens with zero attached hydrogens (tertiary/aromatic N) is 11. The maximum absolute atomic E-state index is 14.3. The number of fused-ring (bicyclic) bond motifs is 7. The van der Waals surface area contributed by atoms with Gasteiger partial charge in [0.05, 0.1) is 96.6 Å². The number of carbonyl (C=O) groups excluding carboxylic acids is 2. The number of unbranched alkanes of at least 4 members (excludes halogenated alkanes) is 5. The number of H-pyrrole nitrogens is 1. The fourth-order valence-electron chi connectivity index (χ4n) is 12.4. The zero-order chi connectivity index (χ0) is 74.5. The number of para-hydroxylation sites is 1. The Kier molecular flexibility index (Phi) is 27.3. The Morgan fingerprint density at radius 3 is 2.13 bits per heavy atom. The highest BCUT2D eigenvalue weighted by Gasteiger charge is 2.47. The third kappa shape index (κ3) is 22.5. The van der Waals surface area contributed by atoms with Crippen LogP contribution in [0.2, 0.25) is 0 Å². The molecule has 6 aromatic rings. The van der Waals surface area contributed by atoms with Gasteiger partial charge >= 0.3 is 39.1 Å². The lowest BCUT2D eigenvalue weighted by molar-refractivity contribution is -0.122. The number of benzene rings is 2. The van der Waals surface area contributed by atoms with Gasteiger partial charge in [0.1, 0.15) is 48.5 Å². The van der Waals surface area contributed by atoms with Gasteiger partial charge < -0.3 is 74.1 Å². The van der Waals surface area contributed by atoms with E-state index >= 15 is 0 Å². The van der Waals surface area contributed by atoms with E-state index in [4.69, 9.17) is 72.2 Å². The third-order valence-electron chi connectivity index (χ3n) is 17.2. The number of aryl methyl sites for hydroxylation is 1. The molecular formula is C59H83N14O27P5. The van der Waals surface area contributed by atoms with Gasteiger partial charge in [-0.1, -0.05) is 67.0 Å². The number of phosphoric ester groups is 3. The lowest BCUT2D eigenvalue weighted by Crippen LogP contribution is -2.35. The number of carbonyl (C=O) groups is 2. The summed E-state index contributed by atoms with van der Waals surface area (Å²) in [4.78, 5) is 123. The van der Waals surface area contributed by atoms with Crippen molar-refractivity contribution in [2.24, 2.45) is 10.3 Å². The number of rotatable bonds is 42. The molecule has 1 aliphatic carbocycles. The maximum Gasteiger partial charge on any atom is 0.490 e. The van der Waals surface area contributed by atoms with Gasteiger partial charge in [-0.15, -0.1) is 0 Å². The maximum atomic E-state index is 14.3. The second-order valence-electron chi connectivity index (χ2n) is 25.0. The molecule has 3 fully saturated rings. The van der Waals surface area contributed by atoms with Crippen LogP contribution < -0.4 is 21.5 Å². The lowest BCUT2D eigenvalue weighted by atomic mass is 9.87. The monoisotopic (exact) mass is 1570 g/mol. The van der Waals surface area contributed by atoms with E-state index < -0.39 is 101 Å². The number of amides is 2. The van der Waals surface area contributed by atoms with E-state index in [2.05, 4.69) is 43.8 Å². The van der Waals surface area contributed by atoms with Gasteiger partial charge in [-0.25, -0.2) is 42.8 Å². The van der Waals surface area contributed by atoms with Gasteiger partial charge in [0.2, 0.25) is 17.8 Å². The number of ether oxygens (including phenoxy) is 5. The molecule has 46 heteroatoms. The summed E-state index contributed by atoms with van der Waals surface area (Å²) in [6, 6.07) is 15.2. The van der Waals surface area contributed by atoms with Crippen LogP contribution in [0.1, 0.15) is 130 Å². The minimum absolute atomic E-state index is 0.0393. The molecular weight excluding hydrogens is 1490 g/mol. The summed E-state index contributed by atoms with van der Waals surface area (Å²) >= 11 is 0. The second kappa shape index (κ2) is 35.9. The van der Waals surface area contributed by atoms with Crippen LogP contribution in [0.15, 0.2) is 82.6 Å². The van der Waals surface area contributed by atoms with E-state index in [-0.39, 0.29) is 119 Å². The number of aliphatic hydroxyl groups excluding tert-OH is 1. The standard InChI is InChI=1S/C59H83N14O27P5/c60-59-66-56-53(57(77)67-59)65-36-71(56)50-31-46(98-104(85,86)97-39-19-20-39)47(96-50)34-94-102(81,82)92-29-28-91-27-26-90-25-24-89-23-21-61-48(75)17-9-10-18-49(76)70-32-38-12-5-6-13-41(38)51-54(42-14-7-8-16-44(42)70)73(69-68-51)22-11-3-1-2-4-15-43-52-55(63-35-62-43)72(37-64-52)58-45(74)30-40(95-58)33-93-103(83,84)100-105(87,88)99-101(78,79)80/h5-8,12-14,16,35-37,39-40,45-47,50-51,54,58,74H,1-4,9-11,15,17-34H2,(H,61,75)(H,81,82)(H,83,84)(H,85,86)(H,87,88)(H2,78,79,80)(H3,60,66,67,77). The number of aromatic nitrogens is 8. The van der Waals surface area contributed by atoms with Crippen molar-refractivity contribution in [2.45, 2.75) is 151 Å². The first-order valence-corrected chi connectivity index (χ1v) is 41.3. The predicted molar refractivity (Wildman–Crippen MR) is 363 cm³/mol. The van der Waals surface area contributed by atoms with Crippen LogP contribution in [-0.4, -0.2) is 193 Å². The van der Waals surface area contributed by atoms with Crippen LogP contribution in [0.4, 0.5) is 11.6 Å². The number of phosphoric acid groups is 5. The molecule has 12 atom stereocenters. The normalized spacial score (nSPS) is 23.3. The minimum Gasteiger partial charge on any atom is -0.388 e. The fourth-order valence-corrected chi connectivity index (χ4v) is 17.3. The Morgan fingerprint density at radius 2 is 1.36 bits per heavy atom. The van der Waals surface area contributed by atoms with Crippen molar-refractivity contribution >= 4 is 84.9 Å². The van der Waals surface area contributed by atoms with Crippen molar-refractivity contribution in [3.8, 4) is 0 Å². The van der Waals surface area contributed by atoms with Gasteiger partial charge in [0.15, 0.2) is 23.0 Å². The Labute approximate surface area is 599 Å². The average Bonchev–Trinajstić information content (AvgIpc) is 1.72. The molecule has 4 aromatic heterocycles. The molecule has 11 N–H and O–H groups in total. The highest BCUT2D eigenvalue weighted by molar-refractivity contribution is 7.66. The largest absolute Gasteiger partial charge is 0.490 e. The van der Waals surface area contributed by atoms with E-state index in [1.54, 1.807) is 0 Å². The molecule has 12 unspecified atom stereocenters. The van der Waals surface area contributed by atoms with Crippen molar-refractivity contribution in [3.63, 3.8) is 0 Å². The molecule has 41 nitrogen and oxygen atoms in total. The zero-order valence-corrected chi connectivity index (χ0v) is 60.9. The average molecular weight is 1580 g/mol. The Bertz CT molecular complexity index is 4320. The summed E-state index contributed by atoms with van der Waals surface area (Å²) in [7, 11) is -26.0. The second-order valence-corrected chi connectivity index (χ2v) is 32.3. The summed E-state index contributed by atoms with van der Waals surface area (Å²) in [5.41, 5.74) is 10.3.